The minimum Gasteiger partial charge on any atom is -0.336 e. The number of sulfone groups is 1. The first-order valence-electron chi connectivity index (χ1n) is 8.58. The van der Waals surface area contributed by atoms with Crippen LogP contribution in [0.1, 0.15) is 40.9 Å². The summed E-state index contributed by atoms with van der Waals surface area (Å²) in [5, 5.41) is 2.08. The van der Waals surface area contributed by atoms with Crippen molar-refractivity contribution in [2.24, 2.45) is 0 Å². The molecule has 0 N–H and O–H groups in total. The molecular formula is C19H23NO3S2. The molecule has 1 atom stereocenters. The number of likely N-dealkylation sites (tertiary alicyclic amines) is 1. The van der Waals surface area contributed by atoms with Gasteiger partial charge in [0.15, 0.2) is 9.84 Å². The molecule has 0 radical (unpaired) electrons. The second-order valence-electron chi connectivity index (χ2n) is 6.57. The molecule has 1 aromatic carbocycles. The molecule has 1 aromatic heterocycles. The first kappa shape index (κ1) is 18.1. The van der Waals surface area contributed by atoms with Crippen LogP contribution in [0.5, 0.6) is 0 Å². The molecule has 0 saturated carbocycles. The summed E-state index contributed by atoms with van der Waals surface area (Å²) in [6.45, 7) is 0.747. The van der Waals surface area contributed by atoms with Gasteiger partial charge in [-0.05, 0) is 61.7 Å². The molecule has 2 heterocycles. The van der Waals surface area contributed by atoms with Crippen molar-refractivity contribution in [3.8, 4) is 0 Å². The van der Waals surface area contributed by atoms with Crippen LogP contribution in [0.2, 0.25) is 0 Å². The number of carbonyl (C=O) groups is 1. The predicted octanol–water partition coefficient (Wildman–Crippen LogP) is 3.78. The van der Waals surface area contributed by atoms with E-state index in [1.807, 2.05) is 4.90 Å². The molecule has 1 unspecified atom stereocenters. The Hall–Kier alpha value is -1.66. The first-order chi connectivity index (χ1) is 11.9. The number of piperidine rings is 1. The standard InChI is InChI=1S/C19H23NO3S2/c1-25(22,23)18-9-4-6-15(14-18)19(21)20-12-3-2-7-16(20)10-11-17-8-5-13-24-17/h4-6,8-9,13-14,16H,2-3,7,10-12H2,1H3. The molecule has 1 aliphatic rings. The van der Waals surface area contributed by atoms with E-state index in [1.54, 1.807) is 23.5 Å². The van der Waals surface area contributed by atoms with Gasteiger partial charge in [0.25, 0.3) is 5.91 Å². The van der Waals surface area contributed by atoms with Crippen LogP contribution in [0.4, 0.5) is 0 Å². The molecule has 2 aromatic rings. The minimum atomic E-state index is -3.31. The molecule has 6 heteroatoms. The summed E-state index contributed by atoms with van der Waals surface area (Å²) >= 11 is 1.75. The number of amides is 1. The lowest BCUT2D eigenvalue weighted by molar-refractivity contribution is 0.0602. The number of nitrogens with zero attached hydrogens (tertiary/aromatic N) is 1. The zero-order valence-electron chi connectivity index (χ0n) is 14.3. The van der Waals surface area contributed by atoms with Gasteiger partial charge < -0.3 is 4.90 Å². The Morgan fingerprint density at radius 2 is 2.08 bits per heavy atom. The average Bonchev–Trinajstić information content (AvgIpc) is 3.12. The summed E-state index contributed by atoms with van der Waals surface area (Å²) in [5.41, 5.74) is 0.464. The number of carbonyl (C=O) groups excluding carboxylic acids is 1. The number of rotatable bonds is 5. The predicted molar refractivity (Wildman–Crippen MR) is 101 cm³/mol. The number of benzene rings is 1. The molecule has 3 rings (SSSR count). The van der Waals surface area contributed by atoms with E-state index in [0.29, 0.717) is 5.56 Å². The Kier molecular flexibility index (Phi) is 5.59. The average molecular weight is 378 g/mol. The van der Waals surface area contributed by atoms with Gasteiger partial charge >= 0.3 is 0 Å². The van der Waals surface area contributed by atoms with Gasteiger partial charge in [0, 0.05) is 29.3 Å². The van der Waals surface area contributed by atoms with E-state index >= 15 is 0 Å². The second-order valence-corrected chi connectivity index (χ2v) is 9.61. The van der Waals surface area contributed by atoms with Crippen LogP contribution in [0, 0.1) is 0 Å². The third-order valence-electron chi connectivity index (χ3n) is 4.70. The van der Waals surface area contributed by atoms with Crippen LogP contribution in [0.25, 0.3) is 0 Å². The third-order valence-corrected chi connectivity index (χ3v) is 6.75. The quantitative estimate of drug-likeness (QED) is 0.797. The Balaban J connectivity index is 1.76. The largest absolute Gasteiger partial charge is 0.336 e. The second kappa shape index (κ2) is 7.70. The fourth-order valence-corrected chi connectivity index (χ4v) is 4.75. The fraction of sp³-hybridized carbons (Fsp3) is 0.421. The van der Waals surface area contributed by atoms with Crippen LogP contribution in [-0.2, 0) is 16.3 Å². The van der Waals surface area contributed by atoms with Crippen LogP contribution >= 0.6 is 11.3 Å². The summed E-state index contributed by atoms with van der Waals surface area (Å²) < 4.78 is 23.5. The van der Waals surface area contributed by atoms with Crippen molar-refractivity contribution < 1.29 is 13.2 Å². The van der Waals surface area contributed by atoms with Crippen molar-refractivity contribution in [1.82, 2.24) is 4.90 Å². The van der Waals surface area contributed by atoms with Crippen molar-refractivity contribution in [3.05, 3.63) is 52.2 Å². The fourth-order valence-electron chi connectivity index (χ4n) is 3.36. The maximum Gasteiger partial charge on any atom is 0.254 e. The van der Waals surface area contributed by atoms with Crippen LogP contribution in [-0.4, -0.2) is 38.1 Å². The summed E-state index contributed by atoms with van der Waals surface area (Å²) in [4.78, 5) is 16.5. The van der Waals surface area contributed by atoms with E-state index in [1.165, 1.54) is 23.3 Å². The highest BCUT2D eigenvalue weighted by Gasteiger charge is 2.27. The normalized spacial score (nSPS) is 18.3. The van der Waals surface area contributed by atoms with Gasteiger partial charge in [0.05, 0.1) is 4.90 Å². The van der Waals surface area contributed by atoms with Gasteiger partial charge in [-0.15, -0.1) is 11.3 Å². The number of hydrogen-bond donors (Lipinski definition) is 0. The molecule has 0 aliphatic carbocycles. The van der Waals surface area contributed by atoms with Gasteiger partial charge in [-0.2, -0.15) is 0 Å². The first-order valence-corrected chi connectivity index (χ1v) is 11.4. The molecule has 1 saturated heterocycles. The summed E-state index contributed by atoms with van der Waals surface area (Å²) in [7, 11) is -3.31. The van der Waals surface area contributed by atoms with E-state index < -0.39 is 9.84 Å². The van der Waals surface area contributed by atoms with Gasteiger partial charge in [-0.25, -0.2) is 8.42 Å². The lowest BCUT2D eigenvalue weighted by Crippen LogP contribution is -2.44. The van der Waals surface area contributed by atoms with E-state index in [-0.39, 0.29) is 16.8 Å². The van der Waals surface area contributed by atoms with Crippen molar-refractivity contribution in [1.29, 1.82) is 0 Å². The van der Waals surface area contributed by atoms with Gasteiger partial charge in [-0.1, -0.05) is 12.1 Å². The number of aryl methyl sites for hydroxylation is 1. The number of thiophene rings is 1. The lowest BCUT2D eigenvalue weighted by atomic mass is 9.96. The van der Waals surface area contributed by atoms with E-state index in [4.69, 9.17) is 0 Å². The van der Waals surface area contributed by atoms with Gasteiger partial charge in [0.1, 0.15) is 0 Å². The topological polar surface area (TPSA) is 54.5 Å². The highest BCUT2D eigenvalue weighted by Crippen LogP contribution is 2.25. The van der Waals surface area contributed by atoms with Crippen LogP contribution < -0.4 is 0 Å². The van der Waals surface area contributed by atoms with Crippen molar-refractivity contribution in [2.45, 2.75) is 43.0 Å². The molecular weight excluding hydrogens is 354 g/mol. The molecule has 0 bridgehead atoms. The van der Waals surface area contributed by atoms with Gasteiger partial charge in [0.2, 0.25) is 0 Å². The Morgan fingerprint density at radius 1 is 1.24 bits per heavy atom. The Morgan fingerprint density at radius 3 is 2.80 bits per heavy atom. The van der Waals surface area contributed by atoms with Crippen LogP contribution in [0.3, 0.4) is 0 Å². The SMILES string of the molecule is CS(=O)(=O)c1cccc(C(=O)N2CCCCC2CCc2cccs2)c1. The Bertz CT molecular complexity index is 828. The maximum atomic E-state index is 13.0. The maximum absolute atomic E-state index is 13.0. The Labute approximate surface area is 153 Å². The highest BCUT2D eigenvalue weighted by atomic mass is 32.2. The van der Waals surface area contributed by atoms with Crippen molar-refractivity contribution in [2.75, 3.05) is 12.8 Å². The zero-order chi connectivity index (χ0) is 17.9. The van der Waals surface area contributed by atoms with Gasteiger partial charge in [-0.3, -0.25) is 4.79 Å². The molecule has 1 aliphatic heterocycles. The summed E-state index contributed by atoms with van der Waals surface area (Å²) in [6, 6.07) is 10.8. The van der Waals surface area contributed by atoms with E-state index in [2.05, 4.69) is 17.5 Å². The molecule has 25 heavy (non-hydrogen) atoms. The smallest absolute Gasteiger partial charge is 0.254 e. The molecule has 4 nitrogen and oxygen atoms in total. The monoisotopic (exact) mass is 377 g/mol. The van der Waals surface area contributed by atoms with Crippen molar-refractivity contribution >= 4 is 27.1 Å². The summed E-state index contributed by atoms with van der Waals surface area (Å²) in [6.07, 6.45) is 6.27. The lowest BCUT2D eigenvalue weighted by Gasteiger charge is -2.36. The zero-order valence-corrected chi connectivity index (χ0v) is 16.0. The molecule has 0 spiro atoms. The molecule has 1 fully saturated rings. The minimum absolute atomic E-state index is 0.0543. The highest BCUT2D eigenvalue weighted by molar-refractivity contribution is 7.90. The molecule has 1 amide bonds. The van der Waals surface area contributed by atoms with E-state index in [9.17, 15) is 13.2 Å². The van der Waals surface area contributed by atoms with Crippen molar-refractivity contribution in [3.63, 3.8) is 0 Å². The number of hydrogen-bond acceptors (Lipinski definition) is 4. The van der Waals surface area contributed by atoms with Crippen LogP contribution in [0.15, 0.2) is 46.7 Å². The summed E-state index contributed by atoms with van der Waals surface area (Å²) in [5.74, 6) is -0.0543. The molecule has 134 valence electrons. The third kappa shape index (κ3) is 4.50. The van der Waals surface area contributed by atoms with E-state index in [0.717, 1.165) is 38.6 Å².